The molecule has 0 amide bonds. The summed E-state index contributed by atoms with van der Waals surface area (Å²) >= 11 is 0. The first-order valence-electron chi connectivity index (χ1n) is 5.85. The fraction of sp³-hybridized carbons (Fsp3) is 0.308. The molecule has 0 N–H and O–H groups in total. The van der Waals surface area contributed by atoms with Crippen molar-refractivity contribution < 1.29 is 9.47 Å². The first-order valence-corrected chi connectivity index (χ1v) is 5.85. The van der Waals surface area contributed by atoms with Crippen LogP contribution >= 0.6 is 0 Å². The van der Waals surface area contributed by atoms with Gasteiger partial charge in [-0.05, 0) is 19.1 Å². The van der Waals surface area contributed by atoms with Crippen LogP contribution in [0.3, 0.4) is 0 Å². The molecule has 0 aliphatic heterocycles. The smallest absolute Gasteiger partial charge is 0.164 e. The van der Waals surface area contributed by atoms with Gasteiger partial charge in [-0.3, -0.25) is 0 Å². The van der Waals surface area contributed by atoms with E-state index in [9.17, 15) is 0 Å². The second kappa shape index (κ2) is 5.87. The Labute approximate surface area is 111 Å². The average Bonchev–Trinajstić information content (AvgIpc) is 2.92. The predicted octanol–water partition coefficient (Wildman–Crippen LogP) is 1.76. The molecule has 0 spiro atoms. The van der Waals surface area contributed by atoms with Crippen LogP contribution < -0.4 is 9.47 Å². The lowest BCUT2D eigenvalue weighted by molar-refractivity contribution is 0.285. The molecular formula is C13H14N4O2. The van der Waals surface area contributed by atoms with Gasteiger partial charge in [-0.25, -0.2) is 9.67 Å². The van der Waals surface area contributed by atoms with E-state index in [4.69, 9.17) is 14.7 Å². The molecule has 0 radical (unpaired) electrons. The highest BCUT2D eigenvalue weighted by Crippen LogP contribution is 2.22. The minimum atomic E-state index is 0.297. The maximum absolute atomic E-state index is 8.93. The Morgan fingerprint density at radius 3 is 2.79 bits per heavy atom. The topological polar surface area (TPSA) is 73.0 Å². The van der Waals surface area contributed by atoms with E-state index in [1.807, 2.05) is 6.92 Å². The first-order chi connectivity index (χ1) is 9.26. The van der Waals surface area contributed by atoms with Gasteiger partial charge in [0.2, 0.25) is 0 Å². The Bertz CT molecular complexity index is 601. The molecule has 0 saturated carbocycles. The third-order valence-corrected chi connectivity index (χ3v) is 2.61. The zero-order valence-corrected chi connectivity index (χ0v) is 10.8. The molecule has 6 heteroatoms. The number of nitrogens with zero attached hydrogens (tertiary/aromatic N) is 4. The Morgan fingerprint density at radius 2 is 2.11 bits per heavy atom. The first kappa shape index (κ1) is 12.9. The molecule has 0 saturated heterocycles. The Kier molecular flexibility index (Phi) is 3.98. The predicted molar refractivity (Wildman–Crippen MR) is 67.7 cm³/mol. The van der Waals surface area contributed by atoms with Crippen LogP contribution in [0, 0.1) is 11.3 Å². The second-order valence-corrected chi connectivity index (χ2v) is 3.79. The molecule has 0 fully saturated rings. The standard InChI is InChI=1S/C13H14N4O2/c1-3-17-13(15-9-16-17)8-19-12-5-10(7-14)4-11(6-12)18-2/h4-6,9H,3,8H2,1-2H3. The highest BCUT2D eigenvalue weighted by Gasteiger charge is 2.06. The van der Waals surface area contributed by atoms with E-state index < -0.39 is 0 Å². The van der Waals surface area contributed by atoms with Crippen molar-refractivity contribution in [2.75, 3.05) is 7.11 Å². The van der Waals surface area contributed by atoms with Gasteiger partial charge in [0.15, 0.2) is 5.82 Å². The minimum Gasteiger partial charge on any atom is -0.497 e. The number of hydrogen-bond acceptors (Lipinski definition) is 5. The molecule has 1 aromatic carbocycles. The van der Waals surface area contributed by atoms with E-state index in [0.717, 1.165) is 12.4 Å². The van der Waals surface area contributed by atoms with E-state index in [1.54, 1.807) is 30.0 Å². The summed E-state index contributed by atoms with van der Waals surface area (Å²) in [5.41, 5.74) is 0.492. The van der Waals surface area contributed by atoms with E-state index in [1.165, 1.54) is 6.33 Å². The molecule has 0 aliphatic carbocycles. The number of methoxy groups -OCH3 is 1. The van der Waals surface area contributed by atoms with Gasteiger partial charge in [0, 0.05) is 12.6 Å². The van der Waals surface area contributed by atoms with Crippen molar-refractivity contribution in [1.82, 2.24) is 14.8 Å². The van der Waals surface area contributed by atoms with Crippen LogP contribution in [0.5, 0.6) is 11.5 Å². The number of hydrogen-bond donors (Lipinski definition) is 0. The van der Waals surface area contributed by atoms with Crippen LogP contribution in [-0.4, -0.2) is 21.9 Å². The molecule has 1 aromatic heterocycles. The Balaban J connectivity index is 2.13. The fourth-order valence-electron chi connectivity index (χ4n) is 1.65. The molecule has 19 heavy (non-hydrogen) atoms. The average molecular weight is 258 g/mol. The van der Waals surface area contributed by atoms with Gasteiger partial charge in [0.25, 0.3) is 0 Å². The summed E-state index contributed by atoms with van der Waals surface area (Å²) in [7, 11) is 1.55. The highest BCUT2D eigenvalue weighted by atomic mass is 16.5. The normalized spacial score (nSPS) is 9.95. The van der Waals surface area contributed by atoms with Crippen LogP contribution in [0.4, 0.5) is 0 Å². The molecule has 0 aliphatic rings. The van der Waals surface area contributed by atoms with Gasteiger partial charge in [-0.1, -0.05) is 0 Å². The zero-order chi connectivity index (χ0) is 13.7. The Morgan fingerprint density at radius 1 is 1.32 bits per heavy atom. The second-order valence-electron chi connectivity index (χ2n) is 3.79. The maximum atomic E-state index is 8.93. The van der Waals surface area contributed by atoms with Crippen LogP contribution in [-0.2, 0) is 13.2 Å². The highest BCUT2D eigenvalue weighted by molar-refractivity contribution is 5.43. The Hall–Kier alpha value is -2.55. The molecule has 98 valence electrons. The van der Waals surface area contributed by atoms with Crippen LogP contribution in [0.25, 0.3) is 0 Å². The zero-order valence-electron chi connectivity index (χ0n) is 10.8. The minimum absolute atomic E-state index is 0.297. The van der Waals surface area contributed by atoms with Crippen LogP contribution in [0.2, 0.25) is 0 Å². The number of aryl methyl sites for hydroxylation is 1. The summed E-state index contributed by atoms with van der Waals surface area (Å²) in [6.45, 7) is 3.02. The van der Waals surface area contributed by atoms with Crippen molar-refractivity contribution in [3.8, 4) is 17.6 Å². The molecule has 0 bridgehead atoms. The monoisotopic (exact) mass is 258 g/mol. The summed E-state index contributed by atoms with van der Waals surface area (Å²) in [5, 5.41) is 13.0. The summed E-state index contributed by atoms with van der Waals surface area (Å²) in [4.78, 5) is 4.12. The number of nitriles is 1. The molecule has 0 atom stereocenters. The molecule has 0 unspecified atom stereocenters. The maximum Gasteiger partial charge on any atom is 0.164 e. The summed E-state index contributed by atoms with van der Waals surface area (Å²) < 4.78 is 12.5. The summed E-state index contributed by atoms with van der Waals surface area (Å²) in [6.07, 6.45) is 1.49. The van der Waals surface area contributed by atoms with E-state index in [0.29, 0.717) is 23.7 Å². The number of rotatable bonds is 5. The fourth-order valence-corrected chi connectivity index (χ4v) is 1.65. The van der Waals surface area contributed by atoms with Crippen LogP contribution in [0.1, 0.15) is 18.3 Å². The molecule has 1 heterocycles. The van der Waals surface area contributed by atoms with Crippen molar-refractivity contribution in [2.45, 2.75) is 20.1 Å². The SMILES string of the molecule is CCn1ncnc1COc1cc(C#N)cc(OC)c1. The molecule has 2 rings (SSSR count). The third-order valence-electron chi connectivity index (χ3n) is 2.61. The van der Waals surface area contributed by atoms with E-state index in [-0.39, 0.29) is 0 Å². The summed E-state index contributed by atoms with van der Waals surface area (Å²) in [6, 6.07) is 7.11. The van der Waals surface area contributed by atoms with Crippen molar-refractivity contribution in [3.63, 3.8) is 0 Å². The molecule has 6 nitrogen and oxygen atoms in total. The van der Waals surface area contributed by atoms with Gasteiger partial charge in [0.1, 0.15) is 24.4 Å². The summed E-state index contributed by atoms with van der Waals surface area (Å²) in [5.74, 6) is 1.90. The molecule has 2 aromatic rings. The lowest BCUT2D eigenvalue weighted by atomic mass is 10.2. The van der Waals surface area contributed by atoms with Gasteiger partial charge >= 0.3 is 0 Å². The number of aromatic nitrogens is 3. The van der Waals surface area contributed by atoms with E-state index in [2.05, 4.69) is 16.2 Å². The lowest BCUT2D eigenvalue weighted by Crippen LogP contribution is -2.07. The quantitative estimate of drug-likeness (QED) is 0.817. The largest absolute Gasteiger partial charge is 0.497 e. The van der Waals surface area contributed by atoms with Gasteiger partial charge in [0.05, 0.1) is 18.7 Å². The van der Waals surface area contributed by atoms with Crippen molar-refractivity contribution in [3.05, 3.63) is 35.9 Å². The van der Waals surface area contributed by atoms with E-state index >= 15 is 0 Å². The molecular weight excluding hydrogens is 244 g/mol. The van der Waals surface area contributed by atoms with Crippen molar-refractivity contribution in [1.29, 1.82) is 5.26 Å². The lowest BCUT2D eigenvalue weighted by Gasteiger charge is -2.08. The van der Waals surface area contributed by atoms with Gasteiger partial charge < -0.3 is 9.47 Å². The van der Waals surface area contributed by atoms with Crippen molar-refractivity contribution in [2.24, 2.45) is 0 Å². The van der Waals surface area contributed by atoms with Crippen molar-refractivity contribution >= 4 is 0 Å². The van der Waals surface area contributed by atoms with Gasteiger partial charge in [-0.2, -0.15) is 10.4 Å². The third kappa shape index (κ3) is 3.01. The number of ether oxygens (including phenoxy) is 2. The van der Waals surface area contributed by atoms with Gasteiger partial charge in [-0.15, -0.1) is 0 Å². The van der Waals surface area contributed by atoms with Crippen LogP contribution in [0.15, 0.2) is 24.5 Å². The number of benzene rings is 1.